The second kappa shape index (κ2) is 5.27. The average molecular weight is 235 g/mol. The van der Waals surface area contributed by atoms with Crippen LogP contribution in [0.5, 0.6) is 0 Å². The first-order chi connectivity index (χ1) is 7.81. The molecule has 86 valence electrons. The first-order valence-electron chi connectivity index (χ1n) is 5.54. The van der Waals surface area contributed by atoms with Crippen LogP contribution in [0.2, 0.25) is 0 Å². The third-order valence-electron chi connectivity index (χ3n) is 2.70. The molecule has 0 spiro atoms. The molecule has 0 unspecified atom stereocenters. The van der Waals surface area contributed by atoms with Crippen molar-refractivity contribution in [2.75, 3.05) is 0 Å². The number of thiophene rings is 1. The molecule has 2 aromatic rings. The first kappa shape index (κ1) is 11.4. The fourth-order valence-electron chi connectivity index (χ4n) is 1.67. The summed E-state index contributed by atoms with van der Waals surface area (Å²) in [5.41, 5.74) is 2.62. The Morgan fingerprint density at radius 1 is 1.44 bits per heavy atom. The van der Waals surface area contributed by atoms with E-state index in [0.717, 1.165) is 19.6 Å². The Kier molecular flexibility index (Phi) is 3.74. The summed E-state index contributed by atoms with van der Waals surface area (Å²) in [6.45, 7) is 7.09. The Hall–Kier alpha value is -1.13. The third-order valence-corrected chi connectivity index (χ3v) is 3.72. The largest absolute Gasteiger partial charge is 0.334 e. The summed E-state index contributed by atoms with van der Waals surface area (Å²) in [6.07, 6.45) is 3.81. The predicted octanol–water partition coefficient (Wildman–Crippen LogP) is 2.56. The van der Waals surface area contributed by atoms with Gasteiger partial charge in [-0.15, -0.1) is 11.3 Å². The number of hydrogen-bond donors (Lipinski definition) is 1. The Bertz CT molecular complexity index is 445. The highest BCUT2D eigenvalue weighted by Gasteiger charge is 2.02. The highest BCUT2D eigenvalue weighted by atomic mass is 32.1. The zero-order valence-electron chi connectivity index (χ0n) is 9.73. The summed E-state index contributed by atoms with van der Waals surface area (Å²) in [5, 5.41) is 5.60. The van der Waals surface area contributed by atoms with Crippen LogP contribution in [-0.2, 0) is 19.6 Å². The van der Waals surface area contributed by atoms with Crippen molar-refractivity contribution in [2.24, 2.45) is 0 Å². The predicted molar refractivity (Wildman–Crippen MR) is 67.5 cm³/mol. The molecular formula is C12H17N3S. The van der Waals surface area contributed by atoms with Gasteiger partial charge in [0.25, 0.3) is 0 Å². The molecule has 0 saturated carbocycles. The average Bonchev–Trinajstić information content (AvgIpc) is 2.88. The van der Waals surface area contributed by atoms with Crippen LogP contribution in [0.15, 0.2) is 24.0 Å². The summed E-state index contributed by atoms with van der Waals surface area (Å²) < 4.78 is 2.16. The van der Waals surface area contributed by atoms with E-state index in [1.807, 2.05) is 23.9 Å². The molecule has 0 aliphatic carbocycles. The number of aryl methyl sites for hydroxylation is 2. The van der Waals surface area contributed by atoms with E-state index in [1.54, 1.807) is 0 Å². The molecule has 3 nitrogen and oxygen atoms in total. The summed E-state index contributed by atoms with van der Waals surface area (Å²) in [6, 6.07) is 2.16. The normalized spacial score (nSPS) is 10.9. The van der Waals surface area contributed by atoms with Gasteiger partial charge in [0.15, 0.2) is 0 Å². The summed E-state index contributed by atoms with van der Waals surface area (Å²) in [7, 11) is 0. The van der Waals surface area contributed by atoms with Crippen molar-refractivity contribution in [1.82, 2.24) is 14.9 Å². The van der Waals surface area contributed by atoms with E-state index in [2.05, 4.69) is 40.2 Å². The molecule has 0 amide bonds. The Labute approximate surface area is 100 Å². The van der Waals surface area contributed by atoms with Crippen molar-refractivity contribution in [3.8, 4) is 0 Å². The molecule has 0 saturated heterocycles. The van der Waals surface area contributed by atoms with Crippen molar-refractivity contribution in [1.29, 1.82) is 0 Å². The zero-order valence-corrected chi connectivity index (χ0v) is 10.5. The zero-order chi connectivity index (χ0) is 11.4. The molecule has 0 radical (unpaired) electrons. The molecule has 0 aliphatic rings. The molecule has 2 aromatic heterocycles. The number of hydrogen-bond acceptors (Lipinski definition) is 3. The highest BCUT2D eigenvalue weighted by molar-refractivity contribution is 7.10. The Balaban J connectivity index is 1.87. The van der Waals surface area contributed by atoms with Crippen LogP contribution < -0.4 is 5.32 Å². The van der Waals surface area contributed by atoms with E-state index < -0.39 is 0 Å². The molecule has 0 fully saturated rings. The number of rotatable bonds is 5. The number of nitrogens with zero attached hydrogens (tertiary/aromatic N) is 2. The summed E-state index contributed by atoms with van der Waals surface area (Å²) >= 11 is 1.81. The molecular weight excluding hydrogens is 218 g/mol. The Morgan fingerprint density at radius 3 is 3.00 bits per heavy atom. The van der Waals surface area contributed by atoms with Crippen LogP contribution in [0.25, 0.3) is 0 Å². The monoisotopic (exact) mass is 235 g/mol. The lowest BCUT2D eigenvalue weighted by Gasteiger charge is -2.06. The minimum atomic E-state index is 0.880. The molecule has 0 atom stereocenters. The van der Waals surface area contributed by atoms with E-state index in [-0.39, 0.29) is 0 Å². The van der Waals surface area contributed by atoms with Crippen molar-refractivity contribution in [2.45, 2.75) is 33.5 Å². The molecule has 16 heavy (non-hydrogen) atoms. The molecule has 2 heterocycles. The molecule has 0 aromatic carbocycles. The minimum Gasteiger partial charge on any atom is -0.334 e. The van der Waals surface area contributed by atoms with Gasteiger partial charge >= 0.3 is 0 Å². The highest BCUT2D eigenvalue weighted by Crippen LogP contribution is 2.14. The van der Waals surface area contributed by atoms with Crippen LogP contribution in [0.3, 0.4) is 0 Å². The molecule has 0 bridgehead atoms. The van der Waals surface area contributed by atoms with Crippen molar-refractivity contribution in [3.05, 3.63) is 40.1 Å². The van der Waals surface area contributed by atoms with Crippen molar-refractivity contribution in [3.63, 3.8) is 0 Å². The smallest absolute Gasteiger partial charge is 0.0948 e. The van der Waals surface area contributed by atoms with E-state index in [1.165, 1.54) is 16.1 Å². The van der Waals surface area contributed by atoms with Crippen molar-refractivity contribution < 1.29 is 0 Å². The Morgan fingerprint density at radius 2 is 2.31 bits per heavy atom. The van der Waals surface area contributed by atoms with Gasteiger partial charge in [0.05, 0.1) is 12.0 Å². The van der Waals surface area contributed by atoms with E-state index in [4.69, 9.17) is 0 Å². The van der Waals surface area contributed by atoms with E-state index >= 15 is 0 Å². The SMILES string of the molecule is CCn1cncc1CNCc1sccc1C. The van der Waals surface area contributed by atoms with Gasteiger partial charge in [0, 0.05) is 30.7 Å². The number of imidazole rings is 1. The maximum Gasteiger partial charge on any atom is 0.0948 e. The second-order valence-electron chi connectivity index (χ2n) is 3.80. The molecule has 1 N–H and O–H groups in total. The van der Waals surface area contributed by atoms with E-state index in [0.29, 0.717) is 0 Å². The van der Waals surface area contributed by atoms with Gasteiger partial charge in [-0.05, 0) is 30.9 Å². The maximum atomic E-state index is 4.15. The van der Waals surface area contributed by atoms with Gasteiger partial charge in [0.2, 0.25) is 0 Å². The molecule has 0 aliphatic heterocycles. The van der Waals surface area contributed by atoms with Gasteiger partial charge < -0.3 is 9.88 Å². The lowest BCUT2D eigenvalue weighted by Crippen LogP contribution is -2.15. The van der Waals surface area contributed by atoms with Gasteiger partial charge in [-0.25, -0.2) is 4.98 Å². The molecule has 4 heteroatoms. The third kappa shape index (κ3) is 2.51. The van der Waals surface area contributed by atoms with Crippen LogP contribution in [0.1, 0.15) is 23.1 Å². The number of nitrogens with one attached hydrogen (secondary N) is 1. The van der Waals surface area contributed by atoms with Crippen LogP contribution in [-0.4, -0.2) is 9.55 Å². The van der Waals surface area contributed by atoms with Crippen LogP contribution in [0.4, 0.5) is 0 Å². The fourth-order valence-corrected chi connectivity index (χ4v) is 2.55. The van der Waals surface area contributed by atoms with Crippen molar-refractivity contribution >= 4 is 11.3 Å². The minimum absolute atomic E-state index is 0.880. The summed E-state index contributed by atoms with van der Waals surface area (Å²) in [4.78, 5) is 5.57. The lowest BCUT2D eigenvalue weighted by molar-refractivity contribution is 0.631. The second-order valence-corrected chi connectivity index (χ2v) is 4.80. The van der Waals surface area contributed by atoms with Crippen LogP contribution >= 0.6 is 11.3 Å². The van der Waals surface area contributed by atoms with Crippen LogP contribution in [0, 0.1) is 6.92 Å². The lowest BCUT2D eigenvalue weighted by atomic mass is 10.3. The van der Waals surface area contributed by atoms with Gasteiger partial charge in [0.1, 0.15) is 0 Å². The first-order valence-corrected chi connectivity index (χ1v) is 6.42. The topological polar surface area (TPSA) is 29.9 Å². The maximum absolute atomic E-state index is 4.15. The van der Waals surface area contributed by atoms with E-state index in [9.17, 15) is 0 Å². The fraction of sp³-hybridized carbons (Fsp3) is 0.417. The quantitative estimate of drug-likeness (QED) is 0.863. The number of aromatic nitrogens is 2. The summed E-state index contributed by atoms with van der Waals surface area (Å²) in [5.74, 6) is 0. The van der Waals surface area contributed by atoms with Gasteiger partial charge in [-0.1, -0.05) is 0 Å². The standard InChI is InChI=1S/C12H17N3S/c1-3-15-9-14-7-11(15)6-13-8-12-10(2)4-5-16-12/h4-5,7,9,13H,3,6,8H2,1-2H3. The molecule has 2 rings (SSSR count). The van der Waals surface area contributed by atoms with Gasteiger partial charge in [-0.2, -0.15) is 0 Å². The van der Waals surface area contributed by atoms with Gasteiger partial charge in [-0.3, -0.25) is 0 Å².